The number of ether oxygens (including phenoxy) is 1. The molecule has 0 bridgehead atoms. The van der Waals surface area contributed by atoms with Gasteiger partial charge in [-0.1, -0.05) is 30.3 Å². The van der Waals surface area contributed by atoms with Crippen LogP contribution in [0.2, 0.25) is 0 Å². The molecule has 7 heteroatoms. The Bertz CT molecular complexity index is 829. The SMILES string of the molecule is O=C(C=Cc1cc(F)c(F)c(F)c1)N1C(=O)OCC1c1ccccc1. The third-order valence-electron chi connectivity index (χ3n) is 3.72. The molecule has 1 saturated heterocycles. The van der Waals surface area contributed by atoms with Gasteiger partial charge < -0.3 is 4.74 Å². The quantitative estimate of drug-likeness (QED) is 0.626. The molecule has 0 radical (unpaired) electrons. The van der Waals surface area contributed by atoms with Crippen LogP contribution in [0.5, 0.6) is 0 Å². The van der Waals surface area contributed by atoms with E-state index in [0.717, 1.165) is 29.2 Å². The highest BCUT2D eigenvalue weighted by Crippen LogP contribution is 2.28. The van der Waals surface area contributed by atoms with Crippen molar-refractivity contribution < 1.29 is 27.5 Å². The van der Waals surface area contributed by atoms with Crippen LogP contribution in [0.3, 0.4) is 0 Å². The van der Waals surface area contributed by atoms with E-state index in [4.69, 9.17) is 4.74 Å². The second kappa shape index (κ2) is 6.80. The molecule has 1 atom stereocenters. The summed E-state index contributed by atoms with van der Waals surface area (Å²) in [4.78, 5) is 25.1. The summed E-state index contributed by atoms with van der Waals surface area (Å²) in [6.07, 6.45) is 1.27. The van der Waals surface area contributed by atoms with Gasteiger partial charge in [-0.15, -0.1) is 0 Å². The lowest BCUT2D eigenvalue weighted by molar-refractivity contribution is -0.124. The van der Waals surface area contributed by atoms with Gasteiger partial charge in [0.1, 0.15) is 12.6 Å². The molecule has 1 aliphatic rings. The van der Waals surface area contributed by atoms with Crippen LogP contribution in [-0.2, 0) is 9.53 Å². The second-order valence-electron chi connectivity index (χ2n) is 5.34. The maximum atomic E-state index is 13.2. The predicted octanol–water partition coefficient (Wildman–Crippen LogP) is 3.84. The Hall–Kier alpha value is -3.09. The molecule has 128 valence electrons. The molecule has 1 heterocycles. The van der Waals surface area contributed by atoms with Gasteiger partial charge in [-0.3, -0.25) is 4.79 Å². The molecule has 2 aromatic carbocycles. The van der Waals surface area contributed by atoms with Crippen LogP contribution < -0.4 is 0 Å². The maximum absolute atomic E-state index is 13.2. The molecule has 4 nitrogen and oxygen atoms in total. The number of rotatable bonds is 3. The molecule has 1 unspecified atom stereocenters. The number of hydrogen-bond donors (Lipinski definition) is 0. The van der Waals surface area contributed by atoms with E-state index in [9.17, 15) is 22.8 Å². The van der Waals surface area contributed by atoms with Crippen molar-refractivity contribution in [1.29, 1.82) is 0 Å². The van der Waals surface area contributed by atoms with Crippen LogP contribution in [-0.4, -0.2) is 23.5 Å². The normalized spacial score (nSPS) is 17.2. The summed E-state index contributed by atoms with van der Waals surface area (Å²) in [5.41, 5.74) is 0.669. The van der Waals surface area contributed by atoms with Crippen LogP contribution in [0, 0.1) is 17.5 Å². The van der Waals surface area contributed by atoms with E-state index in [0.29, 0.717) is 5.56 Å². The first kappa shape index (κ1) is 16.8. The molecule has 2 amide bonds. The summed E-state index contributed by atoms with van der Waals surface area (Å²) in [6, 6.07) is 9.74. The fourth-order valence-corrected chi connectivity index (χ4v) is 2.50. The van der Waals surface area contributed by atoms with Gasteiger partial charge in [0.2, 0.25) is 0 Å². The molecule has 2 aromatic rings. The Kier molecular flexibility index (Phi) is 4.56. The summed E-state index contributed by atoms with van der Waals surface area (Å²) >= 11 is 0. The van der Waals surface area contributed by atoms with Gasteiger partial charge >= 0.3 is 6.09 Å². The Morgan fingerprint density at radius 3 is 2.40 bits per heavy atom. The van der Waals surface area contributed by atoms with E-state index in [-0.39, 0.29) is 12.2 Å². The van der Waals surface area contributed by atoms with Gasteiger partial charge in [0.15, 0.2) is 17.5 Å². The van der Waals surface area contributed by atoms with Crippen molar-refractivity contribution in [2.45, 2.75) is 6.04 Å². The number of benzene rings is 2. The molecule has 1 fully saturated rings. The lowest BCUT2D eigenvalue weighted by Crippen LogP contribution is -2.32. The van der Waals surface area contributed by atoms with E-state index < -0.39 is 35.5 Å². The third-order valence-corrected chi connectivity index (χ3v) is 3.72. The number of carbonyl (C=O) groups excluding carboxylic acids is 2. The van der Waals surface area contributed by atoms with E-state index in [1.165, 1.54) is 0 Å². The first-order valence-electron chi connectivity index (χ1n) is 7.35. The zero-order chi connectivity index (χ0) is 18.0. The standard InChI is InChI=1S/C18H12F3NO3/c19-13-8-11(9-14(20)17(13)21)6-7-16(23)22-15(10-25-18(22)24)12-4-2-1-3-5-12/h1-9,15H,10H2. The Morgan fingerprint density at radius 2 is 1.76 bits per heavy atom. The van der Waals surface area contributed by atoms with Gasteiger partial charge in [0, 0.05) is 6.08 Å². The lowest BCUT2D eigenvalue weighted by Gasteiger charge is -2.18. The molecule has 0 spiro atoms. The minimum Gasteiger partial charge on any atom is -0.446 e. The van der Waals surface area contributed by atoms with E-state index >= 15 is 0 Å². The first-order valence-corrected chi connectivity index (χ1v) is 7.35. The number of halogens is 3. The summed E-state index contributed by atoms with van der Waals surface area (Å²) in [5, 5.41) is 0. The van der Waals surface area contributed by atoms with Gasteiger partial charge in [-0.2, -0.15) is 0 Å². The van der Waals surface area contributed by atoms with Crippen LogP contribution in [0.4, 0.5) is 18.0 Å². The van der Waals surface area contributed by atoms with Gasteiger partial charge in [0.05, 0.1) is 0 Å². The van der Waals surface area contributed by atoms with Crippen molar-refractivity contribution in [3.8, 4) is 0 Å². The van der Waals surface area contributed by atoms with Crippen molar-refractivity contribution >= 4 is 18.1 Å². The molecule has 1 aliphatic heterocycles. The van der Waals surface area contributed by atoms with Crippen molar-refractivity contribution in [2.75, 3.05) is 6.61 Å². The van der Waals surface area contributed by atoms with Crippen molar-refractivity contribution in [1.82, 2.24) is 4.90 Å². The average Bonchev–Trinajstić information content (AvgIpc) is 3.00. The summed E-state index contributed by atoms with van der Waals surface area (Å²) in [5.74, 6) is -5.03. The minimum absolute atomic E-state index is 0.0161. The Labute approximate surface area is 141 Å². The topological polar surface area (TPSA) is 46.6 Å². The molecule has 0 aromatic heterocycles. The average molecular weight is 347 g/mol. The summed E-state index contributed by atoms with van der Waals surface area (Å²) in [7, 11) is 0. The summed E-state index contributed by atoms with van der Waals surface area (Å²) in [6.45, 7) is 0.0161. The van der Waals surface area contributed by atoms with Crippen LogP contribution in [0.1, 0.15) is 17.2 Å². The fourth-order valence-electron chi connectivity index (χ4n) is 2.50. The lowest BCUT2D eigenvalue weighted by atomic mass is 10.1. The van der Waals surface area contributed by atoms with Crippen molar-refractivity contribution in [3.63, 3.8) is 0 Å². The van der Waals surface area contributed by atoms with Gasteiger partial charge in [0.25, 0.3) is 5.91 Å². The minimum atomic E-state index is -1.59. The van der Waals surface area contributed by atoms with E-state index in [1.54, 1.807) is 30.3 Å². The molecule has 0 saturated carbocycles. The van der Waals surface area contributed by atoms with Crippen LogP contribution >= 0.6 is 0 Å². The summed E-state index contributed by atoms with van der Waals surface area (Å²) < 4.78 is 44.2. The second-order valence-corrected chi connectivity index (χ2v) is 5.34. The van der Waals surface area contributed by atoms with E-state index in [2.05, 4.69) is 0 Å². The zero-order valence-electron chi connectivity index (χ0n) is 12.8. The molecule has 3 rings (SSSR count). The van der Waals surface area contributed by atoms with Gasteiger partial charge in [-0.05, 0) is 29.3 Å². The number of amides is 2. The third kappa shape index (κ3) is 3.40. The predicted molar refractivity (Wildman–Crippen MR) is 82.7 cm³/mol. The Balaban J connectivity index is 1.83. The molecular formula is C18H12F3NO3. The highest BCUT2D eigenvalue weighted by atomic mass is 19.2. The van der Waals surface area contributed by atoms with Crippen LogP contribution in [0.25, 0.3) is 6.08 Å². The highest BCUT2D eigenvalue weighted by Gasteiger charge is 2.37. The smallest absolute Gasteiger partial charge is 0.417 e. The molecule has 25 heavy (non-hydrogen) atoms. The van der Waals surface area contributed by atoms with Crippen LogP contribution in [0.15, 0.2) is 48.5 Å². The molecule has 0 N–H and O–H groups in total. The number of imide groups is 1. The highest BCUT2D eigenvalue weighted by molar-refractivity contribution is 6.02. The number of carbonyl (C=O) groups is 2. The first-order chi connectivity index (χ1) is 12.0. The number of cyclic esters (lactones) is 1. The monoisotopic (exact) mass is 347 g/mol. The maximum Gasteiger partial charge on any atom is 0.417 e. The van der Waals surface area contributed by atoms with Gasteiger partial charge in [-0.25, -0.2) is 22.9 Å². The van der Waals surface area contributed by atoms with E-state index in [1.807, 2.05) is 0 Å². The Morgan fingerprint density at radius 1 is 1.12 bits per heavy atom. The van der Waals surface area contributed by atoms with Crippen molar-refractivity contribution in [2.24, 2.45) is 0 Å². The largest absolute Gasteiger partial charge is 0.446 e. The number of nitrogens with zero attached hydrogens (tertiary/aromatic N) is 1. The molecule has 0 aliphatic carbocycles. The fraction of sp³-hybridized carbons (Fsp3) is 0.111. The molecular weight excluding hydrogens is 335 g/mol. The van der Waals surface area contributed by atoms with Crippen molar-refractivity contribution in [3.05, 3.63) is 77.1 Å². The zero-order valence-corrected chi connectivity index (χ0v) is 12.8. The number of hydrogen-bond acceptors (Lipinski definition) is 3.